The average molecular weight is 258 g/mol. The van der Waals surface area contributed by atoms with Crippen LogP contribution in [0.15, 0.2) is 30.3 Å². The molecule has 0 radical (unpaired) electrons. The maximum atomic E-state index is 12.4. The highest BCUT2D eigenvalue weighted by molar-refractivity contribution is 7.55. The summed E-state index contributed by atoms with van der Waals surface area (Å²) >= 11 is 0. The van der Waals surface area contributed by atoms with Crippen LogP contribution < -0.4 is 0 Å². The first-order chi connectivity index (χ1) is 7.89. The van der Waals surface area contributed by atoms with Crippen LogP contribution in [-0.2, 0) is 13.6 Å². The van der Waals surface area contributed by atoms with Gasteiger partial charge < -0.3 is 14.2 Å². The molecule has 0 spiro atoms. The molecule has 4 nitrogen and oxygen atoms in total. The van der Waals surface area contributed by atoms with Gasteiger partial charge in [0.25, 0.3) is 0 Å². The Bertz CT molecular complexity index is 394. The topological polar surface area (TPSA) is 55.8 Å². The standard InChI is InChI=1S/C12H19O4P/c1-12(2,17(14,15-3)16-4)11(13)10-8-6-5-7-9-10/h5-9,11,13H,1-4H3. The minimum atomic E-state index is -3.36. The molecule has 0 aliphatic heterocycles. The lowest BCUT2D eigenvalue weighted by molar-refractivity contribution is 0.115. The van der Waals surface area contributed by atoms with E-state index in [2.05, 4.69) is 0 Å². The summed E-state index contributed by atoms with van der Waals surface area (Å²) in [7, 11) is -0.709. The summed E-state index contributed by atoms with van der Waals surface area (Å²) < 4.78 is 22.3. The van der Waals surface area contributed by atoms with E-state index >= 15 is 0 Å². The number of rotatable bonds is 5. The fraction of sp³-hybridized carbons (Fsp3) is 0.500. The highest BCUT2D eigenvalue weighted by atomic mass is 31.2. The highest BCUT2D eigenvalue weighted by Gasteiger charge is 2.48. The Balaban J connectivity index is 3.10. The Morgan fingerprint density at radius 1 is 1.18 bits per heavy atom. The maximum Gasteiger partial charge on any atom is 0.338 e. The third-order valence-electron chi connectivity index (χ3n) is 2.97. The Kier molecular flexibility index (Phi) is 4.50. The van der Waals surface area contributed by atoms with E-state index in [1.165, 1.54) is 14.2 Å². The van der Waals surface area contributed by atoms with Gasteiger partial charge in [-0.3, -0.25) is 4.57 Å². The largest absolute Gasteiger partial charge is 0.387 e. The van der Waals surface area contributed by atoms with E-state index in [4.69, 9.17) is 9.05 Å². The fourth-order valence-electron chi connectivity index (χ4n) is 1.74. The molecule has 0 aliphatic carbocycles. The number of aliphatic hydroxyl groups is 1. The maximum absolute atomic E-state index is 12.4. The van der Waals surface area contributed by atoms with E-state index in [9.17, 15) is 9.67 Å². The monoisotopic (exact) mass is 258 g/mol. The van der Waals surface area contributed by atoms with Gasteiger partial charge in [-0.25, -0.2) is 0 Å². The van der Waals surface area contributed by atoms with E-state index in [1.807, 2.05) is 18.2 Å². The average Bonchev–Trinajstić information content (AvgIpc) is 2.37. The first-order valence-corrected chi connectivity index (χ1v) is 6.88. The zero-order valence-electron chi connectivity index (χ0n) is 10.6. The number of aliphatic hydroxyl groups excluding tert-OH is 1. The molecule has 17 heavy (non-hydrogen) atoms. The third kappa shape index (κ3) is 2.61. The van der Waals surface area contributed by atoms with E-state index in [0.717, 1.165) is 0 Å². The molecule has 0 saturated heterocycles. The minimum absolute atomic E-state index is 0.687. The molecule has 0 bridgehead atoms. The quantitative estimate of drug-likeness (QED) is 0.825. The molecule has 96 valence electrons. The van der Waals surface area contributed by atoms with Gasteiger partial charge in [0, 0.05) is 14.2 Å². The SMILES string of the molecule is COP(=O)(OC)C(C)(C)C(O)c1ccccc1. The normalized spacial score (nSPS) is 14.6. The summed E-state index contributed by atoms with van der Waals surface area (Å²) in [6, 6.07) is 9.05. The van der Waals surface area contributed by atoms with Gasteiger partial charge in [0.15, 0.2) is 0 Å². The predicted octanol–water partition coefficient (Wildman–Crippen LogP) is 2.98. The Morgan fingerprint density at radius 2 is 1.65 bits per heavy atom. The van der Waals surface area contributed by atoms with Gasteiger partial charge in [-0.05, 0) is 19.4 Å². The van der Waals surface area contributed by atoms with Crippen molar-refractivity contribution in [3.05, 3.63) is 35.9 Å². The summed E-state index contributed by atoms with van der Waals surface area (Å²) in [5, 5.41) is 9.30. The van der Waals surface area contributed by atoms with Crippen LogP contribution in [-0.4, -0.2) is 24.5 Å². The van der Waals surface area contributed by atoms with Crippen molar-refractivity contribution in [1.82, 2.24) is 0 Å². The summed E-state index contributed by atoms with van der Waals surface area (Å²) in [6.07, 6.45) is -0.922. The minimum Gasteiger partial charge on any atom is -0.387 e. The Hall–Kier alpha value is -0.670. The number of hydrogen-bond acceptors (Lipinski definition) is 4. The summed E-state index contributed by atoms with van der Waals surface area (Å²) in [5.74, 6) is 0. The zero-order valence-corrected chi connectivity index (χ0v) is 11.5. The van der Waals surface area contributed by atoms with Crippen LogP contribution in [0.2, 0.25) is 0 Å². The van der Waals surface area contributed by atoms with Crippen molar-refractivity contribution in [2.45, 2.75) is 25.1 Å². The second-order valence-electron chi connectivity index (χ2n) is 4.33. The highest BCUT2D eigenvalue weighted by Crippen LogP contribution is 2.62. The molecule has 1 rings (SSSR count). The lowest BCUT2D eigenvalue weighted by Gasteiger charge is -2.35. The van der Waals surface area contributed by atoms with Crippen LogP contribution in [0.25, 0.3) is 0 Å². The van der Waals surface area contributed by atoms with Crippen LogP contribution in [0.3, 0.4) is 0 Å². The molecule has 1 atom stereocenters. The third-order valence-corrected chi connectivity index (χ3v) is 5.59. The van der Waals surface area contributed by atoms with Crippen molar-refractivity contribution >= 4 is 7.60 Å². The van der Waals surface area contributed by atoms with E-state index < -0.39 is 18.9 Å². The van der Waals surface area contributed by atoms with Gasteiger partial charge in [0.2, 0.25) is 0 Å². The van der Waals surface area contributed by atoms with Gasteiger partial charge in [-0.15, -0.1) is 0 Å². The lowest BCUT2D eigenvalue weighted by atomic mass is 9.98. The first kappa shape index (κ1) is 14.4. The molecular weight excluding hydrogens is 239 g/mol. The van der Waals surface area contributed by atoms with Crippen molar-refractivity contribution in [2.75, 3.05) is 14.2 Å². The van der Waals surface area contributed by atoms with Gasteiger partial charge in [-0.2, -0.15) is 0 Å². The van der Waals surface area contributed by atoms with Crippen molar-refractivity contribution in [2.24, 2.45) is 0 Å². The smallest absolute Gasteiger partial charge is 0.338 e. The first-order valence-electron chi connectivity index (χ1n) is 5.33. The van der Waals surface area contributed by atoms with Crippen LogP contribution in [0.4, 0.5) is 0 Å². The lowest BCUT2D eigenvalue weighted by Crippen LogP contribution is -2.30. The van der Waals surface area contributed by atoms with Gasteiger partial charge >= 0.3 is 7.60 Å². The molecule has 1 unspecified atom stereocenters. The van der Waals surface area contributed by atoms with E-state index in [-0.39, 0.29) is 0 Å². The van der Waals surface area contributed by atoms with Gasteiger partial charge in [-0.1, -0.05) is 30.3 Å². The molecule has 5 heteroatoms. The summed E-state index contributed by atoms with van der Waals surface area (Å²) in [5.41, 5.74) is 0.687. The molecule has 0 amide bonds. The molecule has 0 heterocycles. The second kappa shape index (κ2) is 5.32. The van der Waals surface area contributed by atoms with Gasteiger partial charge in [0.1, 0.15) is 0 Å². The van der Waals surface area contributed by atoms with Crippen LogP contribution in [0, 0.1) is 0 Å². The molecule has 0 aliphatic rings. The number of hydrogen-bond donors (Lipinski definition) is 1. The Morgan fingerprint density at radius 3 is 2.06 bits per heavy atom. The van der Waals surface area contributed by atoms with E-state index in [1.54, 1.807) is 26.0 Å². The molecule has 0 aromatic heterocycles. The van der Waals surface area contributed by atoms with Crippen molar-refractivity contribution in [3.8, 4) is 0 Å². The summed E-state index contributed by atoms with van der Waals surface area (Å²) in [4.78, 5) is 0. The van der Waals surface area contributed by atoms with E-state index in [0.29, 0.717) is 5.56 Å². The van der Waals surface area contributed by atoms with Gasteiger partial charge in [0.05, 0.1) is 11.3 Å². The fourth-order valence-corrected chi connectivity index (χ4v) is 3.28. The van der Waals surface area contributed by atoms with Crippen LogP contribution in [0.1, 0.15) is 25.5 Å². The Labute approximate surface area is 102 Å². The molecule has 1 aromatic carbocycles. The predicted molar refractivity (Wildman–Crippen MR) is 67.1 cm³/mol. The summed E-state index contributed by atoms with van der Waals surface area (Å²) in [6.45, 7) is 3.33. The molecule has 0 fully saturated rings. The molecule has 1 N–H and O–H groups in total. The van der Waals surface area contributed by atoms with Crippen molar-refractivity contribution in [3.63, 3.8) is 0 Å². The number of benzene rings is 1. The molecule has 0 saturated carbocycles. The van der Waals surface area contributed by atoms with Crippen LogP contribution in [0.5, 0.6) is 0 Å². The molecule has 1 aromatic rings. The second-order valence-corrected chi connectivity index (χ2v) is 7.21. The van der Waals surface area contributed by atoms with Crippen LogP contribution >= 0.6 is 7.60 Å². The van der Waals surface area contributed by atoms with Crippen molar-refractivity contribution < 1.29 is 18.7 Å². The zero-order chi connectivity index (χ0) is 13.1. The molecular formula is C12H19O4P. The van der Waals surface area contributed by atoms with Crippen molar-refractivity contribution in [1.29, 1.82) is 0 Å².